The van der Waals surface area contributed by atoms with Gasteiger partial charge in [-0.15, -0.1) is 0 Å². The Labute approximate surface area is 127 Å². The maximum Gasteiger partial charge on any atom is 0.145 e. The molecule has 1 nitrogen and oxygen atoms in total. The Balaban J connectivity index is 2.86. The number of benzene rings is 1. The van der Waals surface area contributed by atoms with Crippen molar-refractivity contribution in [3.05, 3.63) is 34.6 Å². The fourth-order valence-electron chi connectivity index (χ4n) is 2.90. The van der Waals surface area contributed by atoms with Crippen molar-refractivity contribution in [2.24, 2.45) is 5.92 Å². The molecule has 1 aromatic rings. The third-order valence-corrected chi connectivity index (χ3v) is 4.12. The van der Waals surface area contributed by atoms with E-state index in [2.05, 4.69) is 26.1 Å². The van der Waals surface area contributed by atoms with E-state index in [1.165, 1.54) is 25.7 Å². The summed E-state index contributed by atoms with van der Waals surface area (Å²) in [5.74, 6) is 0.340. The molecule has 20 heavy (non-hydrogen) atoms. The molecule has 0 aromatic heterocycles. The second kappa shape index (κ2) is 9.36. The van der Waals surface area contributed by atoms with Crippen molar-refractivity contribution in [2.45, 2.75) is 58.9 Å². The van der Waals surface area contributed by atoms with Crippen LogP contribution in [0.3, 0.4) is 0 Å². The summed E-state index contributed by atoms with van der Waals surface area (Å²) in [5, 5.41) is 3.76. The molecular formula is C17H27ClFN. The Morgan fingerprint density at radius 1 is 1.15 bits per heavy atom. The molecule has 114 valence electrons. The quantitative estimate of drug-likeness (QED) is 0.659. The van der Waals surface area contributed by atoms with E-state index in [9.17, 15) is 4.39 Å². The van der Waals surface area contributed by atoms with Gasteiger partial charge >= 0.3 is 0 Å². The molecule has 0 aliphatic carbocycles. The van der Waals surface area contributed by atoms with Crippen LogP contribution in [-0.4, -0.2) is 12.6 Å². The van der Waals surface area contributed by atoms with E-state index >= 15 is 0 Å². The number of likely N-dealkylation sites (N-methyl/N-ethyl adjacent to an activating group) is 1. The average Bonchev–Trinajstić information content (AvgIpc) is 2.43. The van der Waals surface area contributed by atoms with Gasteiger partial charge in [0, 0.05) is 6.04 Å². The highest BCUT2D eigenvalue weighted by Gasteiger charge is 2.21. The van der Waals surface area contributed by atoms with Gasteiger partial charge in [-0.2, -0.15) is 0 Å². The Bertz CT molecular complexity index is 389. The summed E-state index contributed by atoms with van der Waals surface area (Å²) >= 11 is 5.88. The van der Waals surface area contributed by atoms with E-state index < -0.39 is 0 Å². The predicted octanol–water partition coefficient (Wildman–Crippen LogP) is 5.22. The zero-order chi connectivity index (χ0) is 15.0. The lowest BCUT2D eigenvalue weighted by molar-refractivity contribution is 0.310. The van der Waals surface area contributed by atoms with E-state index in [-0.39, 0.29) is 10.8 Å². The lowest BCUT2D eigenvalue weighted by Crippen LogP contribution is -2.38. The molecule has 0 fully saturated rings. The molecule has 0 radical (unpaired) electrons. The molecule has 3 heteroatoms. The predicted molar refractivity (Wildman–Crippen MR) is 85.9 cm³/mol. The van der Waals surface area contributed by atoms with Crippen molar-refractivity contribution in [3.8, 4) is 0 Å². The third kappa shape index (κ3) is 5.06. The van der Waals surface area contributed by atoms with Crippen LogP contribution < -0.4 is 5.32 Å². The van der Waals surface area contributed by atoms with Crippen molar-refractivity contribution in [2.75, 3.05) is 6.54 Å². The van der Waals surface area contributed by atoms with Crippen molar-refractivity contribution < 1.29 is 4.39 Å². The number of rotatable bonds is 9. The fourth-order valence-corrected chi connectivity index (χ4v) is 3.09. The number of nitrogens with one attached hydrogen (secondary N) is 1. The minimum Gasteiger partial charge on any atom is -0.314 e. The molecule has 1 N–H and O–H groups in total. The average molecular weight is 300 g/mol. The Hall–Kier alpha value is -0.600. The van der Waals surface area contributed by atoms with Gasteiger partial charge in [0.05, 0.1) is 5.02 Å². The summed E-state index contributed by atoms with van der Waals surface area (Å²) in [6, 6.07) is 5.62. The highest BCUT2D eigenvalue weighted by molar-refractivity contribution is 6.30. The molecule has 0 saturated carbocycles. The first kappa shape index (κ1) is 17.5. The van der Waals surface area contributed by atoms with Crippen molar-refractivity contribution in [1.29, 1.82) is 0 Å². The summed E-state index contributed by atoms with van der Waals surface area (Å²) in [5.41, 5.74) is 0.723. The minimum absolute atomic E-state index is 0.222. The maximum atomic E-state index is 14.1. The van der Waals surface area contributed by atoms with Crippen LogP contribution in [0.5, 0.6) is 0 Å². The van der Waals surface area contributed by atoms with Crippen molar-refractivity contribution >= 4 is 11.6 Å². The molecule has 0 saturated heterocycles. The van der Waals surface area contributed by atoms with Crippen molar-refractivity contribution in [3.63, 3.8) is 0 Å². The Morgan fingerprint density at radius 3 is 2.35 bits per heavy atom. The first-order valence-electron chi connectivity index (χ1n) is 7.80. The Kier molecular flexibility index (Phi) is 8.16. The van der Waals surface area contributed by atoms with E-state index in [0.29, 0.717) is 18.4 Å². The molecule has 0 heterocycles. The van der Waals surface area contributed by atoms with Crippen LogP contribution in [0.25, 0.3) is 0 Å². The normalized spacial score (nSPS) is 12.9. The zero-order valence-corrected chi connectivity index (χ0v) is 13.6. The topological polar surface area (TPSA) is 12.0 Å². The van der Waals surface area contributed by atoms with Crippen LogP contribution in [0.4, 0.5) is 4.39 Å². The highest BCUT2D eigenvalue weighted by atomic mass is 35.5. The summed E-state index contributed by atoms with van der Waals surface area (Å²) < 4.78 is 14.1. The molecule has 0 aliphatic rings. The van der Waals surface area contributed by atoms with Crippen LogP contribution in [-0.2, 0) is 6.42 Å². The van der Waals surface area contributed by atoms with Crippen LogP contribution >= 0.6 is 11.6 Å². The summed E-state index contributed by atoms with van der Waals surface area (Å²) in [4.78, 5) is 0. The molecule has 0 amide bonds. The molecule has 0 spiro atoms. The van der Waals surface area contributed by atoms with E-state index in [0.717, 1.165) is 12.1 Å². The van der Waals surface area contributed by atoms with Crippen LogP contribution in [0.1, 0.15) is 52.0 Å². The van der Waals surface area contributed by atoms with Gasteiger partial charge in [0.2, 0.25) is 0 Å². The van der Waals surface area contributed by atoms with E-state index in [1.807, 2.05) is 12.1 Å². The van der Waals surface area contributed by atoms with Gasteiger partial charge in [-0.05, 0) is 43.4 Å². The summed E-state index contributed by atoms with van der Waals surface area (Å²) in [6.07, 6.45) is 5.43. The summed E-state index contributed by atoms with van der Waals surface area (Å²) in [6.45, 7) is 7.45. The van der Waals surface area contributed by atoms with Gasteiger partial charge in [-0.25, -0.2) is 4.39 Å². The summed E-state index contributed by atoms with van der Waals surface area (Å²) in [7, 11) is 0. The fraction of sp³-hybridized carbons (Fsp3) is 0.647. The largest absolute Gasteiger partial charge is 0.314 e. The second-order valence-electron chi connectivity index (χ2n) is 5.42. The molecule has 1 unspecified atom stereocenters. The van der Waals surface area contributed by atoms with Gasteiger partial charge in [-0.3, -0.25) is 0 Å². The van der Waals surface area contributed by atoms with Crippen LogP contribution in [0.2, 0.25) is 5.02 Å². The van der Waals surface area contributed by atoms with Crippen LogP contribution in [0, 0.1) is 11.7 Å². The molecule has 1 rings (SSSR count). The first-order valence-corrected chi connectivity index (χ1v) is 8.18. The van der Waals surface area contributed by atoms with E-state index in [4.69, 9.17) is 11.6 Å². The van der Waals surface area contributed by atoms with Crippen molar-refractivity contribution in [1.82, 2.24) is 5.32 Å². The van der Waals surface area contributed by atoms with Gasteiger partial charge < -0.3 is 5.32 Å². The second-order valence-corrected chi connectivity index (χ2v) is 5.83. The monoisotopic (exact) mass is 299 g/mol. The zero-order valence-electron chi connectivity index (χ0n) is 12.9. The lowest BCUT2D eigenvalue weighted by atomic mass is 9.86. The maximum absolute atomic E-state index is 14.1. The number of hydrogen-bond donors (Lipinski definition) is 1. The lowest BCUT2D eigenvalue weighted by Gasteiger charge is -2.28. The Morgan fingerprint density at radius 2 is 1.80 bits per heavy atom. The standard InChI is InChI=1S/C17H27ClFN/c1-4-8-13(9-5-2)16(20-6-3)12-14-10-7-11-15(18)17(14)19/h7,10-11,13,16,20H,4-6,8-9,12H2,1-3H3. The number of halogens is 2. The third-order valence-electron chi connectivity index (χ3n) is 3.83. The first-order chi connectivity index (χ1) is 9.63. The van der Waals surface area contributed by atoms with Crippen LogP contribution in [0.15, 0.2) is 18.2 Å². The molecule has 1 atom stereocenters. The van der Waals surface area contributed by atoms with Gasteiger partial charge in [0.25, 0.3) is 0 Å². The van der Waals surface area contributed by atoms with E-state index in [1.54, 1.807) is 6.07 Å². The number of hydrogen-bond acceptors (Lipinski definition) is 1. The van der Waals surface area contributed by atoms with Gasteiger partial charge in [0.15, 0.2) is 0 Å². The molecule has 1 aromatic carbocycles. The molecular weight excluding hydrogens is 273 g/mol. The van der Waals surface area contributed by atoms with Gasteiger partial charge in [-0.1, -0.05) is 57.3 Å². The SMILES string of the molecule is CCCC(CCC)C(Cc1cccc(Cl)c1F)NCC. The highest BCUT2D eigenvalue weighted by Crippen LogP contribution is 2.24. The minimum atomic E-state index is -0.260. The molecule has 0 aliphatic heterocycles. The van der Waals surface area contributed by atoms with Gasteiger partial charge in [0.1, 0.15) is 5.82 Å². The molecule has 0 bridgehead atoms. The smallest absolute Gasteiger partial charge is 0.145 e.